The van der Waals surface area contributed by atoms with Crippen molar-refractivity contribution >= 4 is 55.4 Å². The van der Waals surface area contributed by atoms with E-state index in [0.29, 0.717) is 5.69 Å². The van der Waals surface area contributed by atoms with Crippen molar-refractivity contribution in [3.63, 3.8) is 0 Å². The number of benzene rings is 1. The minimum atomic E-state index is -3.84. The fourth-order valence-corrected chi connectivity index (χ4v) is 4.02. The van der Waals surface area contributed by atoms with Gasteiger partial charge in [-0.05, 0) is 44.4 Å². The summed E-state index contributed by atoms with van der Waals surface area (Å²) < 4.78 is 42.8. The second kappa shape index (κ2) is 8.61. The lowest BCUT2D eigenvalue weighted by molar-refractivity contribution is 0.248. The van der Waals surface area contributed by atoms with E-state index >= 15 is 0 Å². The summed E-state index contributed by atoms with van der Waals surface area (Å²) in [6, 6.07) is 4.01. The molecule has 15 heteroatoms. The van der Waals surface area contributed by atoms with Gasteiger partial charge >= 0.3 is 5.88 Å². The van der Waals surface area contributed by atoms with Gasteiger partial charge in [-0.1, -0.05) is 23.8 Å². The van der Waals surface area contributed by atoms with Gasteiger partial charge in [0.1, 0.15) is 5.82 Å². The highest BCUT2D eigenvalue weighted by Crippen LogP contribution is 2.33. The molecule has 11 nitrogen and oxygen atoms in total. The number of nitrogens with zero attached hydrogens (tertiary/aromatic N) is 4. The lowest BCUT2D eigenvalue weighted by Crippen LogP contribution is -2.35. The average molecular weight is 507 g/mol. The molecule has 1 aromatic heterocycles. The standard InChI is InChI=1S/C14H12BrFN6O5S2/c1-7(5-18-29(17,24)25)28-14-12(19-27-21-14)13-20-26-11(6-23)22(13)8-2-3-10(16)9(15)4-8/h2-4,7,18H,5H2,1H3,(H2,17,24,25). The van der Waals surface area contributed by atoms with Crippen LogP contribution < -0.4 is 14.8 Å². The smallest absolute Gasteiger partial charge is 0.320 e. The number of amidine groups is 1. The monoisotopic (exact) mass is 506 g/mol. The van der Waals surface area contributed by atoms with Crippen molar-refractivity contribution in [1.82, 2.24) is 15.0 Å². The normalized spacial score (nSPS) is 15.1. The van der Waals surface area contributed by atoms with Gasteiger partial charge in [-0.25, -0.2) is 28.6 Å². The summed E-state index contributed by atoms with van der Waals surface area (Å²) in [5, 5.41) is 16.3. The van der Waals surface area contributed by atoms with Crippen LogP contribution in [0.25, 0.3) is 0 Å². The maximum absolute atomic E-state index is 13.6. The van der Waals surface area contributed by atoms with E-state index in [2.05, 4.69) is 36.1 Å². The van der Waals surface area contributed by atoms with Gasteiger partial charge in [0.05, 0.1) is 10.2 Å². The molecule has 2 aromatic rings. The molecule has 0 spiro atoms. The van der Waals surface area contributed by atoms with E-state index in [1.54, 1.807) is 12.9 Å². The highest BCUT2D eigenvalue weighted by atomic mass is 79.9. The Morgan fingerprint density at radius 1 is 1.45 bits per heavy atom. The Balaban J connectivity index is 1.89. The largest absolute Gasteiger partial charge is 0.323 e. The predicted molar refractivity (Wildman–Crippen MR) is 104 cm³/mol. The molecule has 154 valence electrons. The third-order valence-electron chi connectivity index (χ3n) is 3.44. The molecule has 1 aromatic carbocycles. The number of rotatable bonds is 7. The molecule has 0 saturated heterocycles. The number of nitrogens with two attached hydrogens (primary N) is 1. The number of thioether (sulfide) groups is 1. The van der Waals surface area contributed by atoms with Crippen molar-refractivity contribution < 1.29 is 27.1 Å². The topological polar surface area (TPSA) is 153 Å². The number of nitrogens with one attached hydrogen (secondary N) is 1. The van der Waals surface area contributed by atoms with Crippen LogP contribution in [0.4, 0.5) is 10.1 Å². The van der Waals surface area contributed by atoms with E-state index < -0.39 is 16.0 Å². The Bertz CT molecular complexity index is 1120. The first-order valence-electron chi connectivity index (χ1n) is 7.72. The van der Waals surface area contributed by atoms with Gasteiger partial charge in [-0.15, -0.1) is 0 Å². The lowest BCUT2D eigenvalue weighted by atomic mass is 10.2. The number of anilines is 1. The molecular formula is C14H12BrFN6O5S2. The number of aromatic nitrogens is 2. The van der Waals surface area contributed by atoms with Crippen LogP contribution in [0, 0.1) is 5.82 Å². The maximum Gasteiger partial charge on any atom is 0.320 e. The van der Waals surface area contributed by atoms with Gasteiger partial charge in [0.25, 0.3) is 10.2 Å². The Morgan fingerprint density at radius 3 is 2.86 bits per heavy atom. The average Bonchev–Trinajstić information content (AvgIpc) is 3.28. The van der Waals surface area contributed by atoms with Crippen LogP contribution in [0.15, 0.2) is 43.4 Å². The van der Waals surface area contributed by atoms with Crippen LogP contribution in [0.5, 0.6) is 0 Å². The van der Waals surface area contributed by atoms with Crippen molar-refractivity contribution in [1.29, 1.82) is 0 Å². The second-order valence-corrected chi connectivity index (χ2v) is 9.25. The molecule has 1 aliphatic rings. The van der Waals surface area contributed by atoms with Crippen LogP contribution in [0.3, 0.4) is 0 Å². The second-order valence-electron chi connectivity index (χ2n) is 5.59. The molecule has 0 fully saturated rings. The third kappa shape index (κ3) is 5.01. The zero-order valence-corrected chi connectivity index (χ0v) is 17.7. The van der Waals surface area contributed by atoms with Crippen LogP contribution in [0.1, 0.15) is 12.6 Å². The number of hydrogen-bond acceptors (Lipinski definition) is 10. The number of hydrogen-bond donors (Lipinski definition) is 2. The van der Waals surface area contributed by atoms with E-state index in [4.69, 9.17) is 14.6 Å². The van der Waals surface area contributed by atoms with Gasteiger partial charge < -0.3 is 4.84 Å². The van der Waals surface area contributed by atoms with Crippen molar-refractivity contribution in [2.45, 2.75) is 17.2 Å². The lowest BCUT2D eigenvalue weighted by Gasteiger charge is -2.17. The minimum absolute atomic E-state index is 0.0207. The summed E-state index contributed by atoms with van der Waals surface area (Å²) >= 11 is 4.20. The van der Waals surface area contributed by atoms with Crippen molar-refractivity contribution in [2.24, 2.45) is 10.3 Å². The Morgan fingerprint density at radius 2 is 2.21 bits per heavy atom. The Labute approximate surface area is 176 Å². The molecule has 3 rings (SSSR count). The molecule has 1 aliphatic heterocycles. The molecule has 0 amide bonds. The molecule has 0 radical (unpaired) electrons. The van der Waals surface area contributed by atoms with Crippen molar-refractivity contribution in [3.05, 3.63) is 40.1 Å². The van der Waals surface area contributed by atoms with Gasteiger partial charge in [0.15, 0.2) is 16.7 Å². The summed E-state index contributed by atoms with van der Waals surface area (Å²) in [5.74, 6) is 0.868. The van der Waals surface area contributed by atoms with E-state index in [9.17, 15) is 17.6 Å². The zero-order chi connectivity index (χ0) is 21.2. The Hall–Kier alpha value is -2.29. The quantitative estimate of drug-likeness (QED) is 0.415. The fraction of sp³-hybridized carbons (Fsp3) is 0.214. The van der Waals surface area contributed by atoms with Gasteiger partial charge in [-0.3, -0.25) is 0 Å². The third-order valence-corrected chi connectivity index (χ3v) is 5.67. The number of carbonyl (C=O) groups excluding carboxylic acids is 1. The first kappa shape index (κ1) is 21.4. The molecule has 0 saturated carbocycles. The van der Waals surface area contributed by atoms with E-state index in [1.807, 2.05) is 0 Å². The molecule has 29 heavy (non-hydrogen) atoms. The summed E-state index contributed by atoms with van der Waals surface area (Å²) in [7, 11) is -3.84. The highest BCUT2D eigenvalue weighted by Gasteiger charge is 2.34. The van der Waals surface area contributed by atoms with Crippen molar-refractivity contribution in [2.75, 3.05) is 11.4 Å². The number of oxime groups is 1. The molecular weight excluding hydrogens is 495 g/mol. The van der Waals surface area contributed by atoms with Crippen LogP contribution in [-0.2, 0) is 19.8 Å². The SMILES string of the molecule is CC(CNS(N)(=O)=O)Sc1nonc1C1=NOC(=C=O)N1c1ccc(F)c(Br)c1. The molecule has 0 bridgehead atoms. The summed E-state index contributed by atoms with van der Waals surface area (Å²) in [6.07, 6.45) is 0. The van der Waals surface area contributed by atoms with E-state index in [1.165, 1.54) is 23.1 Å². The van der Waals surface area contributed by atoms with E-state index in [-0.39, 0.29) is 38.7 Å². The predicted octanol–water partition coefficient (Wildman–Crippen LogP) is 1.12. The first-order valence-corrected chi connectivity index (χ1v) is 10.9. The number of halogens is 2. The maximum atomic E-state index is 13.6. The van der Waals surface area contributed by atoms with Gasteiger partial charge in [0, 0.05) is 11.8 Å². The Kier molecular flexibility index (Phi) is 6.36. The van der Waals surface area contributed by atoms with Crippen LogP contribution >= 0.6 is 27.7 Å². The first-order chi connectivity index (χ1) is 13.7. The summed E-state index contributed by atoms with van der Waals surface area (Å²) in [6.45, 7) is 1.74. The summed E-state index contributed by atoms with van der Waals surface area (Å²) in [4.78, 5) is 17.5. The van der Waals surface area contributed by atoms with Gasteiger partial charge in [-0.2, -0.15) is 8.42 Å². The van der Waals surface area contributed by atoms with Crippen LogP contribution in [0.2, 0.25) is 0 Å². The van der Waals surface area contributed by atoms with Gasteiger partial charge in [0.2, 0.25) is 5.84 Å². The van der Waals surface area contributed by atoms with Crippen molar-refractivity contribution in [3.8, 4) is 0 Å². The molecule has 3 N–H and O–H groups in total. The molecule has 1 atom stereocenters. The molecule has 0 aliphatic carbocycles. The zero-order valence-electron chi connectivity index (χ0n) is 14.5. The molecule has 2 heterocycles. The fourth-order valence-electron chi connectivity index (χ4n) is 2.20. The van der Waals surface area contributed by atoms with Crippen LogP contribution in [-0.4, -0.2) is 42.3 Å². The molecule has 1 unspecified atom stereocenters. The summed E-state index contributed by atoms with van der Waals surface area (Å²) in [5.41, 5.74) is 0.471. The van der Waals surface area contributed by atoms with E-state index in [0.717, 1.165) is 11.8 Å². The minimum Gasteiger partial charge on any atom is -0.323 e. The highest BCUT2D eigenvalue weighted by molar-refractivity contribution is 9.10.